The molecule has 0 aromatic heterocycles. The van der Waals surface area contributed by atoms with Gasteiger partial charge in [-0.05, 0) is 35.7 Å². The van der Waals surface area contributed by atoms with Crippen LogP contribution in [0.3, 0.4) is 0 Å². The van der Waals surface area contributed by atoms with Crippen LogP contribution in [-0.4, -0.2) is 19.6 Å². The molecule has 0 heterocycles. The molecule has 0 spiro atoms. The van der Waals surface area contributed by atoms with E-state index in [9.17, 15) is 9.18 Å². The number of primary amides is 1. The Morgan fingerprint density at radius 2 is 1.91 bits per heavy atom. The predicted octanol–water partition coefficient (Wildman–Crippen LogP) is 2.19. The third kappa shape index (κ3) is 4.05. The number of halogens is 1. The minimum Gasteiger partial charge on any atom is -0.496 e. The van der Waals surface area contributed by atoms with Crippen LogP contribution in [0.1, 0.15) is 17.2 Å². The Morgan fingerprint density at radius 3 is 2.55 bits per heavy atom. The van der Waals surface area contributed by atoms with Crippen LogP contribution in [0.4, 0.5) is 4.39 Å². The Hall–Kier alpha value is -2.40. The van der Waals surface area contributed by atoms with Crippen molar-refractivity contribution in [1.82, 2.24) is 5.32 Å². The zero-order chi connectivity index (χ0) is 15.9. The van der Waals surface area contributed by atoms with Gasteiger partial charge >= 0.3 is 0 Å². The molecule has 0 bridgehead atoms. The van der Waals surface area contributed by atoms with E-state index in [0.29, 0.717) is 18.5 Å². The molecular weight excluding hydrogens is 283 g/mol. The van der Waals surface area contributed by atoms with Crippen molar-refractivity contribution < 1.29 is 13.9 Å². The molecule has 0 saturated carbocycles. The SMILES string of the molecule is COc1ccccc1CCNC(C(N)=O)c1ccc(F)cc1. The third-order valence-electron chi connectivity index (χ3n) is 3.42. The topological polar surface area (TPSA) is 64.3 Å². The molecule has 0 fully saturated rings. The summed E-state index contributed by atoms with van der Waals surface area (Å²) in [7, 11) is 1.62. The van der Waals surface area contributed by atoms with Gasteiger partial charge in [0.15, 0.2) is 0 Å². The van der Waals surface area contributed by atoms with Crippen LogP contribution in [0.25, 0.3) is 0 Å². The summed E-state index contributed by atoms with van der Waals surface area (Å²) in [6.07, 6.45) is 0.689. The average Bonchev–Trinajstić information content (AvgIpc) is 2.53. The van der Waals surface area contributed by atoms with Gasteiger partial charge in [0, 0.05) is 6.54 Å². The Labute approximate surface area is 129 Å². The lowest BCUT2D eigenvalue weighted by molar-refractivity contribution is -0.120. The van der Waals surface area contributed by atoms with E-state index in [0.717, 1.165) is 11.3 Å². The van der Waals surface area contributed by atoms with E-state index in [1.54, 1.807) is 19.2 Å². The Bertz CT molecular complexity index is 629. The normalized spacial score (nSPS) is 11.9. The van der Waals surface area contributed by atoms with E-state index < -0.39 is 11.9 Å². The summed E-state index contributed by atoms with van der Waals surface area (Å²) in [4.78, 5) is 11.6. The van der Waals surface area contributed by atoms with Crippen molar-refractivity contribution in [2.24, 2.45) is 5.73 Å². The number of hydrogen-bond donors (Lipinski definition) is 2. The quantitative estimate of drug-likeness (QED) is 0.824. The fourth-order valence-corrected chi connectivity index (χ4v) is 2.30. The highest BCUT2D eigenvalue weighted by molar-refractivity contribution is 5.81. The maximum atomic E-state index is 13.0. The van der Waals surface area contributed by atoms with Crippen LogP contribution in [0.15, 0.2) is 48.5 Å². The number of nitrogens with two attached hydrogens (primary N) is 1. The first-order valence-electron chi connectivity index (χ1n) is 7.02. The lowest BCUT2D eigenvalue weighted by atomic mass is 10.1. The highest BCUT2D eigenvalue weighted by Gasteiger charge is 2.17. The number of carbonyl (C=O) groups is 1. The summed E-state index contributed by atoms with van der Waals surface area (Å²) < 4.78 is 18.2. The first-order valence-corrected chi connectivity index (χ1v) is 7.02. The number of methoxy groups -OCH3 is 1. The van der Waals surface area contributed by atoms with Gasteiger partial charge in [-0.1, -0.05) is 30.3 Å². The number of amides is 1. The summed E-state index contributed by atoms with van der Waals surface area (Å²) in [6.45, 7) is 0.547. The number of nitrogens with one attached hydrogen (secondary N) is 1. The fourth-order valence-electron chi connectivity index (χ4n) is 2.30. The maximum Gasteiger partial charge on any atom is 0.239 e. The van der Waals surface area contributed by atoms with Gasteiger partial charge in [0.05, 0.1) is 7.11 Å². The van der Waals surface area contributed by atoms with Crippen molar-refractivity contribution in [1.29, 1.82) is 0 Å². The largest absolute Gasteiger partial charge is 0.496 e. The van der Waals surface area contributed by atoms with Crippen LogP contribution >= 0.6 is 0 Å². The molecule has 0 aliphatic carbocycles. The van der Waals surface area contributed by atoms with E-state index in [1.165, 1.54) is 12.1 Å². The van der Waals surface area contributed by atoms with Gasteiger partial charge in [0.2, 0.25) is 5.91 Å². The molecule has 2 aromatic rings. The summed E-state index contributed by atoms with van der Waals surface area (Å²) in [6, 6.07) is 12.8. The second-order valence-electron chi connectivity index (χ2n) is 4.90. The Kier molecular flexibility index (Phi) is 5.49. The molecule has 4 nitrogen and oxygen atoms in total. The van der Waals surface area contributed by atoms with Crippen molar-refractivity contribution in [3.8, 4) is 5.75 Å². The molecular formula is C17H19FN2O2. The summed E-state index contributed by atoms with van der Waals surface area (Å²) in [5, 5.41) is 3.10. The monoisotopic (exact) mass is 302 g/mol. The summed E-state index contributed by atoms with van der Waals surface area (Å²) in [5.41, 5.74) is 7.11. The van der Waals surface area contributed by atoms with Gasteiger partial charge in [-0.15, -0.1) is 0 Å². The van der Waals surface area contributed by atoms with Gasteiger partial charge < -0.3 is 15.8 Å². The molecule has 3 N–H and O–H groups in total. The summed E-state index contributed by atoms with van der Waals surface area (Å²) in [5.74, 6) is -0.0330. The minimum atomic E-state index is -0.643. The third-order valence-corrected chi connectivity index (χ3v) is 3.42. The number of rotatable bonds is 7. The van der Waals surface area contributed by atoms with Gasteiger partial charge in [-0.2, -0.15) is 0 Å². The van der Waals surface area contributed by atoms with E-state index >= 15 is 0 Å². The van der Waals surface area contributed by atoms with Crippen LogP contribution < -0.4 is 15.8 Å². The van der Waals surface area contributed by atoms with Crippen LogP contribution in [0.2, 0.25) is 0 Å². The van der Waals surface area contributed by atoms with Crippen LogP contribution in [-0.2, 0) is 11.2 Å². The molecule has 22 heavy (non-hydrogen) atoms. The van der Waals surface area contributed by atoms with Crippen LogP contribution in [0, 0.1) is 5.82 Å². The molecule has 5 heteroatoms. The van der Waals surface area contributed by atoms with Crippen molar-refractivity contribution in [3.05, 3.63) is 65.5 Å². The molecule has 1 unspecified atom stereocenters. The first-order chi connectivity index (χ1) is 10.6. The molecule has 2 rings (SSSR count). The number of carbonyl (C=O) groups excluding carboxylic acids is 1. The van der Waals surface area contributed by atoms with E-state index in [2.05, 4.69) is 5.32 Å². The Balaban J connectivity index is 2.01. The predicted molar refractivity (Wildman–Crippen MR) is 83.0 cm³/mol. The number of para-hydroxylation sites is 1. The van der Waals surface area contributed by atoms with Gasteiger partial charge in [-0.25, -0.2) is 4.39 Å². The second-order valence-corrected chi connectivity index (χ2v) is 4.90. The molecule has 1 atom stereocenters. The highest BCUT2D eigenvalue weighted by Crippen LogP contribution is 2.18. The van der Waals surface area contributed by atoms with Gasteiger partial charge in [0.1, 0.15) is 17.6 Å². The maximum absolute atomic E-state index is 13.0. The van der Waals surface area contributed by atoms with E-state index in [-0.39, 0.29) is 5.82 Å². The fraction of sp³-hybridized carbons (Fsp3) is 0.235. The van der Waals surface area contributed by atoms with E-state index in [4.69, 9.17) is 10.5 Å². The standard InChI is InChI=1S/C17H19FN2O2/c1-22-15-5-3-2-4-12(15)10-11-20-16(17(19)21)13-6-8-14(18)9-7-13/h2-9,16,20H,10-11H2,1H3,(H2,19,21). The lowest BCUT2D eigenvalue weighted by Crippen LogP contribution is -2.34. The molecule has 0 saturated heterocycles. The summed E-state index contributed by atoms with van der Waals surface area (Å²) >= 11 is 0. The van der Waals surface area contributed by atoms with Gasteiger partial charge in [0.25, 0.3) is 0 Å². The van der Waals surface area contributed by atoms with Crippen LogP contribution in [0.5, 0.6) is 5.75 Å². The smallest absolute Gasteiger partial charge is 0.239 e. The van der Waals surface area contributed by atoms with Crippen molar-refractivity contribution in [2.75, 3.05) is 13.7 Å². The van der Waals surface area contributed by atoms with Crippen molar-refractivity contribution in [2.45, 2.75) is 12.5 Å². The first kappa shape index (κ1) is 16.0. The zero-order valence-corrected chi connectivity index (χ0v) is 12.4. The lowest BCUT2D eigenvalue weighted by Gasteiger charge is -2.16. The number of ether oxygens (including phenoxy) is 1. The molecule has 2 aromatic carbocycles. The zero-order valence-electron chi connectivity index (χ0n) is 12.4. The minimum absolute atomic E-state index is 0.346. The van der Waals surface area contributed by atoms with Gasteiger partial charge in [-0.3, -0.25) is 4.79 Å². The molecule has 0 aliphatic heterocycles. The number of hydrogen-bond acceptors (Lipinski definition) is 3. The molecule has 0 radical (unpaired) electrons. The second kappa shape index (κ2) is 7.56. The highest BCUT2D eigenvalue weighted by atomic mass is 19.1. The van der Waals surface area contributed by atoms with Crippen molar-refractivity contribution in [3.63, 3.8) is 0 Å². The number of benzene rings is 2. The van der Waals surface area contributed by atoms with E-state index in [1.807, 2.05) is 24.3 Å². The Morgan fingerprint density at radius 1 is 1.23 bits per heavy atom. The average molecular weight is 302 g/mol. The van der Waals surface area contributed by atoms with Crippen molar-refractivity contribution >= 4 is 5.91 Å². The molecule has 1 amide bonds. The molecule has 116 valence electrons. The molecule has 0 aliphatic rings.